The van der Waals surface area contributed by atoms with Crippen LogP contribution in [0.5, 0.6) is 5.75 Å². The zero-order valence-electron chi connectivity index (χ0n) is 13.3. The van der Waals surface area contributed by atoms with Crippen LogP contribution in [0.1, 0.15) is 5.56 Å². The summed E-state index contributed by atoms with van der Waals surface area (Å²) in [6.45, 7) is 0.0286. The molecule has 8 heteroatoms. The summed E-state index contributed by atoms with van der Waals surface area (Å²) in [7, 11) is 1.59. The molecule has 25 heavy (non-hydrogen) atoms. The van der Waals surface area contributed by atoms with Crippen LogP contribution in [-0.2, 0) is 11.3 Å². The van der Waals surface area contributed by atoms with Crippen molar-refractivity contribution in [3.05, 3.63) is 59.9 Å². The smallest absolute Gasteiger partial charge is 0.405 e. The van der Waals surface area contributed by atoms with Gasteiger partial charge in [0.1, 0.15) is 11.6 Å². The fourth-order valence-corrected chi connectivity index (χ4v) is 2.18. The summed E-state index contributed by atoms with van der Waals surface area (Å²) in [5, 5.41) is 2.58. The normalized spacial score (nSPS) is 11.4. The Bertz CT molecular complexity index is 717. The van der Waals surface area contributed by atoms with Crippen molar-refractivity contribution < 1.29 is 27.1 Å². The zero-order chi connectivity index (χ0) is 18.4. The van der Waals surface area contributed by atoms with Crippen molar-refractivity contribution in [3.63, 3.8) is 0 Å². The van der Waals surface area contributed by atoms with E-state index < -0.39 is 12.2 Å². The van der Waals surface area contributed by atoms with E-state index in [4.69, 9.17) is 0 Å². The molecule has 2 aromatic carbocycles. The Morgan fingerprint density at radius 2 is 1.76 bits per heavy atom. The first kappa shape index (κ1) is 18.7. The molecular formula is C17H16F4N2O2. The molecule has 1 N–H and O–H groups in total. The average Bonchev–Trinajstić information content (AvgIpc) is 2.50. The van der Waals surface area contributed by atoms with Crippen LogP contribution in [0.3, 0.4) is 0 Å². The van der Waals surface area contributed by atoms with Crippen LogP contribution in [0, 0.1) is 5.82 Å². The Kier molecular flexibility index (Phi) is 5.97. The summed E-state index contributed by atoms with van der Waals surface area (Å²) in [4.78, 5) is 13.5. The number of rotatable bonds is 6. The summed E-state index contributed by atoms with van der Waals surface area (Å²) in [6.07, 6.45) is -4.78. The number of ether oxygens (including phenoxy) is 1. The van der Waals surface area contributed by atoms with Crippen molar-refractivity contribution in [3.8, 4) is 5.75 Å². The van der Waals surface area contributed by atoms with Gasteiger partial charge >= 0.3 is 6.36 Å². The van der Waals surface area contributed by atoms with E-state index in [1.165, 1.54) is 47.4 Å². The number of amides is 1. The summed E-state index contributed by atoms with van der Waals surface area (Å²) < 4.78 is 54.0. The Labute approximate surface area is 142 Å². The van der Waals surface area contributed by atoms with Gasteiger partial charge in [0.15, 0.2) is 0 Å². The van der Waals surface area contributed by atoms with Gasteiger partial charge in [-0.05, 0) is 37.4 Å². The van der Waals surface area contributed by atoms with E-state index >= 15 is 0 Å². The number of nitrogens with zero attached hydrogens (tertiary/aromatic N) is 1. The molecule has 0 aromatic heterocycles. The van der Waals surface area contributed by atoms with Crippen LogP contribution in [0.4, 0.5) is 23.2 Å². The Hall–Kier alpha value is -2.61. The molecule has 0 spiro atoms. The van der Waals surface area contributed by atoms with E-state index in [-0.39, 0.29) is 24.7 Å². The quantitative estimate of drug-likeness (QED) is 0.801. The highest BCUT2D eigenvalue weighted by Gasteiger charge is 2.32. The number of para-hydroxylation sites is 1. The molecule has 0 heterocycles. The lowest BCUT2D eigenvalue weighted by Gasteiger charge is -2.19. The Balaban J connectivity index is 1.94. The van der Waals surface area contributed by atoms with Crippen molar-refractivity contribution in [1.82, 2.24) is 4.90 Å². The molecule has 0 aliphatic carbocycles. The van der Waals surface area contributed by atoms with Crippen LogP contribution in [-0.4, -0.2) is 30.8 Å². The topological polar surface area (TPSA) is 41.6 Å². The number of hydrogen-bond donors (Lipinski definition) is 1. The minimum Gasteiger partial charge on any atom is -0.405 e. The van der Waals surface area contributed by atoms with Gasteiger partial charge in [0, 0.05) is 17.8 Å². The monoisotopic (exact) mass is 356 g/mol. The molecule has 0 aliphatic rings. The number of likely N-dealkylation sites (N-methyl/N-ethyl adjacent to an activating group) is 1. The van der Waals surface area contributed by atoms with Crippen molar-refractivity contribution in [2.75, 3.05) is 18.9 Å². The zero-order valence-corrected chi connectivity index (χ0v) is 13.3. The first-order valence-corrected chi connectivity index (χ1v) is 7.30. The molecule has 0 bridgehead atoms. The first-order valence-electron chi connectivity index (χ1n) is 7.30. The number of carbonyl (C=O) groups excluding carboxylic acids is 1. The minimum atomic E-state index is -4.78. The number of carbonyl (C=O) groups is 1. The van der Waals surface area contributed by atoms with Crippen molar-refractivity contribution in [1.29, 1.82) is 0 Å². The van der Waals surface area contributed by atoms with Gasteiger partial charge < -0.3 is 10.1 Å². The highest BCUT2D eigenvalue weighted by molar-refractivity contribution is 5.92. The van der Waals surface area contributed by atoms with Gasteiger partial charge in [-0.3, -0.25) is 9.69 Å². The third-order valence-corrected chi connectivity index (χ3v) is 3.18. The van der Waals surface area contributed by atoms with Gasteiger partial charge in [0.25, 0.3) is 0 Å². The molecule has 1 amide bonds. The van der Waals surface area contributed by atoms with E-state index in [0.717, 1.165) is 0 Å². The van der Waals surface area contributed by atoms with E-state index in [9.17, 15) is 22.4 Å². The second-order valence-electron chi connectivity index (χ2n) is 5.38. The fourth-order valence-electron chi connectivity index (χ4n) is 2.18. The number of anilines is 1. The molecule has 0 atom stereocenters. The Morgan fingerprint density at radius 3 is 2.40 bits per heavy atom. The van der Waals surface area contributed by atoms with Gasteiger partial charge in [-0.2, -0.15) is 0 Å². The average molecular weight is 356 g/mol. The molecule has 0 saturated carbocycles. The van der Waals surface area contributed by atoms with Gasteiger partial charge in [-0.15, -0.1) is 13.2 Å². The van der Waals surface area contributed by atoms with Gasteiger partial charge in [-0.25, -0.2) is 4.39 Å². The molecule has 0 aliphatic heterocycles. The third-order valence-electron chi connectivity index (χ3n) is 3.18. The number of hydrogen-bond acceptors (Lipinski definition) is 3. The third kappa shape index (κ3) is 6.42. The van der Waals surface area contributed by atoms with Gasteiger partial charge in [0.05, 0.1) is 6.54 Å². The second kappa shape index (κ2) is 7.98. The molecule has 0 fully saturated rings. The molecule has 0 radical (unpaired) electrons. The van der Waals surface area contributed by atoms with Crippen LogP contribution < -0.4 is 10.1 Å². The minimum absolute atomic E-state index is 0.0578. The van der Waals surface area contributed by atoms with E-state index in [1.807, 2.05) is 0 Å². The summed E-state index contributed by atoms with van der Waals surface area (Å²) >= 11 is 0. The number of alkyl halides is 3. The number of benzene rings is 2. The molecule has 0 saturated heterocycles. The van der Waals surface area contributed by atoms with Crippen LogP contribution >= 0.6 is 0 Å². The lowest BCUT2D eigenvalue weighted by Crippen LogP contribution is -2.30. The molecule has 4 nitrogen and oxygen atoms in total. The van der Waals surface area contributed by atoms with E-state index in [1.54, 1.807) is 13.1 Å². The van der Waals surface area contributed by atoms with Crippen molar-refractivity contribution >= 4 is 11.6 Å². The maximum Gasteiger partial charge on any atom is 0.573 e. The van der Waals surface area contributed by atoms with E-state index in [0.29, 0.717) is 11.3 Å². The number of nitrogens with one attached hydrogen (secondary N) is 1. The highest BCUT2D eigenvalue weighted by Crippen LogP contribution is 2.26. The largest absolute Gasteiger partial charge is 0.573 e. The standard InChI is InChI=1S/C17H16F4N2O2/c1-23(11-16(24)22-14-8-6-13(18)7-9-14)10-12-4-2-3-5-15(12)25-17(19,20)21/h2-9H,10-11H2,1H3,(H,22,24). The van der Waals surface area contributed by atoms with Crippen LogP contribution in [0.25, 0.3) is 0 Å². The lowest BCUT2D eigenvalue weighted by molar-refractivity contribution is -0.275. The fraction of sp³-hybridized carbons (Fsp3) is 0.235. The van der Waals surface area contributed by atoms with Crippen molar-refractivity contribution in [2.45, 2.75) is 12.9 Å². The van der Waals surface area contributed by atoms with E-state index in [2.05, 4.69) is 10.1 Å². The molecule has 0 unspecified atom stereocenters. The predicted molar refractivity (Wildman–Crippen MR) is 84.5 cm³/mol. The molecule has 2 aromatic rings. The Morgan fingerprint density at radius 1 is 1.12 bits per heavy atom. The predicted octanol–water partition coefficient (Wildman–Crippen LogP) is 3.79. The summed E-state index contributed by atoms with van der Waals surface area (Å²) in [5.41, 5.74) is 0.734. The van der Waals surface area contributed by atoms with Crippen LogP contribution in [0.15, 0.2) is 48.5 Å². The van der Waals surface area contributed by atoms with Gasteiger partial charge in [-0.1, -0.05) is 18.2 Å². The lowest BCUT2D eigenvalue weighted by atomic mass is 10.2. The highest BCUT2D eigenvalue weighted by atomic mass is 19.4. The number of halogens is 4. The summed E-state index contributed by atoms with van der Waals surface area (Å²) in [5.74, 6) is -1.10. The molecular weight excluding hydrogens is 340 g/mol. The van der Waals surface area contributed by atoms with Crippen LogP contribution in [0.2, 0.25) is 0 Å². The molecule has 2 rings (SSSR count). The summed E-state index contributed by atoms with van der Waals surface area (Å²) in [6, 6.07) is 11.0. The maximum absolute atomic E-state index is 12.8. The molecule has 134 valence electrons. The SMILES string of the molecule is CN(CC(=O)Nc1ccc(F)cc1)Cc1ccccc1OC(F)(F)F. The first-order chi connectivity index (χ1) is 11.7. The van der Waals surface area contributed by atoms with Crippen molar-refractivity contribution in [2.24, 2.45) is 0 Å². The van der Waals surface area contributed by atoms with Gasteiger partial charge in [0.2, 0.25) is 5.91 Å². The maximum atomic E-state index is 12.8. The second-order valence-corrected chi connectivity index (χ2v) is 5.38.